The van der Waals surface area contributed by atoms with Gasteiger partial charge in [0, 0.05) is 12.6 Å². The Morgan fingerprint density at radius 3 is 2.71 bits per heavy atom. The summed E-state index contributed by atoms with van der Waals surface area (Å²) >= 11 is 0. The minimum atomic E-state index is -0.549. The van der Waals surface area contributed by atoms with Crippen molar-refractivity contribution in [1.82, 2.24) is 5.32 Å². The monoisotopic (exact) mass is 335 g/mol. The van der Waals surface area contributed by atoms with Crippen LogP contribution in [0, 0.1) is 0 Å². The predicted octanol–water partition coefficient (Wildman–Crippen LogP) is 2.73. The van der Waals surface area contributed by atoms with E-state index in [0.717, 1.165) is 5.69 Å². The highest BCUT2D eigenvalue weighted by Gasteiger charge is 2.25. The van der Waals surface area contributed by atoms with Gasteiger partial charge in [0.15, 0.2) is 0 Å². The van der Waals surface area contributed by atoms with E-state index in [1.54, 1.807) is 18.2 Å². The molecular weight excluding hydrogens is 310 g/mol. The van der Waals surface area contributed by atoms with Crippen molar-refractivity contribution >= 4 is 23.4 Å². The first-order chi connectivity index (χ1) is 11.1. The summed E-state index contributed by atoms with van der Waals surface area (Å²) in [6.45, 7) is 9.37. The van der Waals surface area contributed by atoms with Crippen LogP contribution in [0.3, 0.4) is 0 Å². The number of fused-ring (bicyclic) bond motifs is 1. The van der Waals surface area contributed by atoms with E-state index in [2.05, 4.69) is 16.0 Å². The smallest absolute Gasteiger partial charge is 0.412 e. The molecule has 0 unspecified atom stereocenters. The van der Waals surface area contributed by atoms with E-state index < -0.39 is 11.7 Å². The van der Waals surface area contributed by atoms with Gasteiger partial charge in [0.1, 0.15) is 17.5 Å². The molecule has 7 heteroatoms. The average Bonchev–Trinajstić information content (AvgIpc) is 2.43. The van der Waals surface area contributed by atoms with Gasteiger partial charge in [-0.05, 0) is 45.9 Å². The Morgan fingerprint density at radius 2 is 2.08 bits per heavy atom. The number of anilines is 2. The maximum absolute atomic E-state index is 11.8. The molecular formula is C17H25N3O4. The van der Waals surface area contributed by atoms with Gasteiger partial charge in [-0.2, -0.15) is 0 Å². The molecule has 7 nitrogen and oxygen atoms in total. The quantitative estimate of drug-likeness (QED) is 0.790. The van der Waals surface area contributed by atoms with Gasteiger partial charge < -0.3 is 20.1 Å². The maximum atomic E-state index is 11.8. The van der Waals surface area contributed by atoms with Gasteiger partial charge in [-0.1, -0.05) is 0 Å². The highest BCUT2D eigenvalue weighted by molar-refractivity contribution is 5.86. The van der Waals surface area contributed by atoms with Crippen molar-refractivity contribution in [3.63, 3.8) is 0 Å². The van der Waals surface area contributed by atoms with Gasteiger partial charge >= 0.3 is 6.09 Å². The summed E-state index contributed by atoms with van der Waals surface area (Å²) in [5.41, 5.74) is 0.856. The summed E-state index contributed by atoms with van der Waals surface area (Å²) in [6.07, 6.45) is -0.664. The van der Waals surface area contributed by atoms with Crippen molar-refractivity contribution in [2.75, 3.05) is 17.2 Å². The van der Waals surface area contributed by atoms with Crippen LogP contribution in [-0.2, 0) is 9.53 Å². The molecule has 0 saturated carbocycles. The fourth-order valence-corrected chi connectivity index (χ4v) is 2.38. The normalized spacial score (nSPS) is 17.6. The summed E-state index contributed by atoms with van der Waals surface area (Å²) < 4.78 is 11.1. The lowest BCUT2D eigenvalue weighted by Crippen LogP contribution is -2.48. The number of benzene rings is 1. The Bertz CT molecular complexity index is 625. The molecule has 2 rings (SSSR count). The Hall–Kier alpha value is -2.44. The first-order valence-electron chi connectivity index (χ1n) is 7.96. The summed E-state index contributed by atoms with van der Waals surface area (Å²) in [5, 5.41) is 8.78. The molecule has 1 aliphatic rings. The highest BCUT2D eigenvalue weighted by atomic mass is 16.6. The van der Waals surface area contributed by atoms with E-state index in [0.29, 0.717) is 18.0 Å². The van der Waals surface area contributed by atoms with Crippen LogP contribution in [0.15, 0.2) is 18.2 Å². The van der Waals surface area contributed by atoms with Crippen LogP contribution in [0.5, 0.6) is 5.75 Å². The lowest BCUT2D eigenvalue weighted by atomic mass is 10.1. The number of nitrogens with one attached hydrogen (secondary N) is 3. The van der Waals surface area contributed by atoms with E-state index in [-0.39, 0.29) is 18.1 Å². The molecule has 1 aromatic carbocycles. The number of amides is 2. The van der Waals surface area contributed by atoms with Crippen LogP contribution in [-0.4, -0.2) is 36.3 Å². The molecule has 0 spiro atoms. The molecule has 0 fully saturated rings. The van der Waals surface area contributed by atoms with Crippen molar-refractivity contribution in [1.29, 1.82) is 0 Å². The third-order valence-corrected chi connectivity index (χ3v) is 3.39. The predicted molar refractivity (Wildman–Crippen MR) is 92.5 cm³/mol. The topological polar surface area (TPSA) is 88.7 Å². The third-order valence-electron chi connectivity index (χ3n) is 3.39. The summed E-state index contributed by atoms with van der Waals surface area (Å²) in [7, 11) is 0. The fourth-order valence-electron chi connectivity index (χ4n) is 2.38. The second-order valence-electron chi connectivity index (χ2n) is 6.86. The molecule has 132 valence electrons. The Labute approximate surface area is 142 Å². The van der Waals surface area contributed by atoms with Gasteiger partial charge in [0.2, 0.25) is 5.91 Å². The van der Waals surface area contributed by atoms with Gasteiger partial charge in [0.25, 0.3) is 0 Å². The zero-order chi connectivity index (χ0) is 17.9. The number of ether oxygens (including phenoxy) is 2. The van der Waals surface area contributed by atoms with E-state index in [1.807, 2.05) is 27.7 Å². The van der Waals surface area contributed by atoms with Crippen LogP contribution in [0.25, 0.3) is 0 Å². The Balaban J connectivity index is 2.01. The molecule has 0 bridgehead atoms. The standard InChI is InChI=1S/C17H25N3O4/c1-10(19-11(2)21)15-9-18-13-8-12(6-7-14(13)23-15)20-16(22)24-17(3,4)5/h6-8,10,15,18H,9H2,1-5H3,(H,19,21)(H,20,22)/t10-,15-/m1/s1. The lowest BCUT2D eigenvalue weighted by molar-refractivity contribution is -0.120. The van der Waals surface area contributed by atoms with Gasteiger partial charge in [0.05, 0.1) is 18.3 Å². The SMILES string of the molecule is CC(=O)N[C@H](C)[C@H]1CNc2cc(NC(=O)OC(C)(C)C)ccc2O1. The number of carbonyl (C=O) groups excluding carboxylic acids is 2. The van der Waals surface area contributed by atoms with Gasteiger partial charge in [-0.3, -0.25) is 10.1 Å². The Morgan fingerprint density at radius 1 is 1.38 bits per heavy atom. The third kappa shape index (κ3) is 5.04. The van der Waals surface area contributed by atoms with Crippen molar-refractivity contribution < 1.29 is 19.1 Å². The molecule has 0 radical (unpaired) electrons. The minimum Gasteiger partial charge on any atom is -0.484 e. The second-order valence-corrected chi connectivity index (χ2v) is 6.86. The molecule has 2 amide bonds. The maximum Gasteiger partial charge on any atom is 0.412 e. The van der Waals surface area contributed by atoms with Crippen LogP contribution in [0.1, 0.15) is 34.6 Å². The van der Waals surface area contributed by atoms with Crippen molar-refractivity contribution in [3.05, 3.63) is 18.2 Å². The molecule has 3 N–H and O–H groups in total. The van der Waals surface area contributed by atoms with Gasteiger partial charge in [-0.25, -0.2) is 4.79 Å². The molecule has 1 aromatic rings. The molecule has 2 atom stereocenters. The lowest BCUT2D eigenvalue weighted by Gasteiger charge is -2.31. The van der Waals surface area contributed by atoms with Crippen molar-refractivity contribution in [2.45, 2.75) is 52.4 Å². The molecule has 1 aliphatic heterocycles. The van der Waals surface area contributed by atoms with Crippen LogP contribution in [0.2, 0.25) is 0 Å². The van der Waals surface area contributed by atoms with Crippen molar-refractivity contribution in [2.24, 2.45) is 0 Å². The van der Waals surface area contributed by atoms with Gasteiger partial charge in [-0.15, -0.1) is 0 Å². The van der Waals surface area contributed by atoms with E-state index in [1.165, 1.54) is 6.92 Å². The average molecular weight is 335 g/mol. The first kappa shape index (κ1) is 17.9. The van der Waals surface area contributed by atoms with Crippen LogP contribution in [0.4, 0.5) is 16.2 Å². The fraction of sp³-hybridized carbons (Fsp3) is 0.529. The van der Waals surface area contributed by atoms with Crippen LogP contribution < -0.4 is 20.7 Å². The zero-order valence-electron chi connectivity index (χ0n) is 14.7. The minimum absolute atomic E-state index is 0.0891. The zero-order valence-corrected chi connectivity index (χ0v) is 14.7. The van der Waals surface area contributed by atoms with Crippen molar-refractivity contribution in [3.8, 4) is 5.75 Å². The van der Waals surface area contributed by atoms with E-state index in [9.17, 15) is 9.59 Å². The molecule has 1 heterocycles. The summed E-state index contributed by atoms with van der Waals surface area (Å²) in [4.78, 5) is 23.0. The van der Waals surface area contributed by atoms with Crippen LogP contribution >= 0.6 is 0 Å². The molecule has 0 saturated heterocycles. The second kappa shape index (κ2) is 6.98. The number of hydrogen-bond donors (Lipinski definition) is 3. The molecule has 0 aliphatic carbocycles. The first-order valence-corrected chi connectivity index (χ1v) is 7.96. The Kier molecular flexibility index (Phi) is 5.21. The number of hydrogen-bond acceptors (Lipinski definition) is 5. The number of rotatable bonds is 3. The van der Waals surface area contributed by atoms with E-state index >= 15 is 0 Å². The number of carbonyl (C=O) groups is 2. The highest BCUT2D eigenvalue weighted by Crippen LogP contribution is 2.32. The van der Waals surface area contributed by atoms with E-state index in [4.69, 9.17) is 9.47 Å². The molecule has 24 heavy (non-hydrogen) atoms. The molecule has 0 aromatic heterocycles. The summed E-state index contributed by atoms with van der Waals surface area (Å²) in [5.74, 6) is 0.590. The summed E-state index contributed by atoms with van der Waals surface area (Å²) in [6, 6.07) is 5.21. The largest absolute Gasteiger partial charge is 0.484 e.